The fraction of sp³-hybridized carbons (Fsp3) is 0. The van der Waals surface area contributed by atoms with Crippen LogP contribution in [0.4, 0.5) is 0 Å². The Bertz CT molecular complexity index is 2900. The van der Waals surface area contributed by atoms with Gasteiger partial charge in [-0.15, -0.1) is 0 Å². The predicted molar refractivity (Wildman–Crippen MR) is 190 cm³/mol. The number of aromatic nitrogens is 8. The summed E-state index contributed by atoms with van der Waals surface area (Å²) < 4.78 is 6.15. The third-order valence-corrected chi connectivity index (χ3v) is 8.86. The summed E-state index contributed by atoms with van der Waals surface area (Å²) in [6.07, 6.45) is 0. The Labute approximate surface area is 300 Å². The van der Waals surface area contributed by atoms with Crippen LogP contribution < -0.4 is 4.74 Å². The molecule has 12 heteroatoms. The van der Waals surface area contributed by atoms with Gasteiger partial charge >= 0.3 is 5.97 Å². The predicted octanol–water partition coefficient (Wildman–Crippen LogP) is 8.36. The second-order valence-electron chi connectivity index (χ2n) is 11.9. The fourth-order valence-corrected chi connectivity index (χ4v) is 6.49. The second-order valence-corrected chi connectivity index (χ2v) is 11.9. The maximum atomic E-state index is 11.3. The Hall–Kier alpha value is -6.65. The summed E-state index contributed by atoms with van der Waals surface area (Å²) in [5.74, 6) is 2.11. The van der Waals surface area contributed by atoms with Crippen LogP contribution in [0.1, 0.15) is 10.4 Å². The molecular weight excluding hydrogens is 694 g/mol. The number of carbonyl (C=O) groups is 1. The molecule has 5 heterocycles. The van der Waals surface area contributed by atoms with Crippen molar-refractivity contribution in [3.05, 3.63) is 121 Å². The van der Waals surface area contributed by atoms with Gasteiger partial charge in [0.05, 0.1) is 5.56 Å². The summed E-state index contributed by atoms with van der Waals surface area (Å²) in [5.41, 5.74) is 5.96. The van der Waals surface area contributed by atoms with Crippen molar-refractivity contribution in [3.8, 4) is 57.1 Å². The molecule has 3 N–H and O–H groups in total. The van der Waals surface area contributed by atoms with Crippen molar-refractivity contribution in [1.29, 1.82) is 0 Å². The first-order chi connectivity index (χ1) is 24.6. The summed E-state index contributed by atoms with van der Waals surface area (Å²) in [6.45, 7) is 0. The number of aromatic amines is 2. The molecule has 2 aliphatic rings. The van der Waals surface area contributed by atoms with E-state index in [1.807, 2.05) is 91.0 Å². The molecule has 0 amide bonds. The summed E-state index contributed by atoms with van der Waals surface area (Å²) in [7, 11) is 0. The third-order valence-electron chi connectivity index (χ3n) is 8.86. The zero-order valence-electron chi connectivity index (χ0n) is 26.6. The average molecular weight is 716 g/mol. The van der Waals surface area contributed by atoms with Crippen LogP contribution in [-0.2, 0) is 19.5 Å². The van der Waals surface area contributed by atoms with Crippen molar-refractivity contribution in [2.75, 3.05) is 0 Å². The molecule has 0 aliphatic carbocycles. The molecule has 11 nitrogen and oxygen atoms in total. The van der Waals surface area contributed by atoms with Gasteiger partial charge in [-0.2, -0.15) is 0 Å². The molecule has 8 aromatic rings. The minimum absolute atomic E-state index is 0. The van der Waals surface area contributed by atoms with E-state index in [-0.39, 0.29) is 25.0 Å². The molecule has 0 radical (unpaired) electrons. The van der Waals surface area contributed by atoms with Crippen molar-refractivity contribution in [3.63, 3.8) is 0 Å². The first kappa shape index (κ1) is 30.4. The molecular formula is C39H22N8O3Zn. The van der Waals surface area contributed by atoms with Crippen molar-refractivity contribution >= 4 is 50.1 Å². The smallest absolute Gasteiger partial charge is 0.335 e. The number of H-pyrrole nitrogens is 2. The molecule has 0 saturated carbocycles. The van der Waals surface area contributed by atoms with Crippen LogP contribution >= 0.6 is 0 Å². The Morgan fingerprint density at radius 2 is 0.863 bits per heavy atom. The monoisotopic (exact) mass is 714 g/mol. The minimum atomic E-state index is -1.00. The Morgan fingerprint density at radius 3 is 1.31 bits per heavy atom. The topological polar surface area (TPSA) is 155 Å². The standard InChI is InChI=1S/C39H22N8O3.Zn/c48-39(49)20-13-15-21(16-14-20)50-22-17-18-29-30(19-22)38-46-36-28-12-6-5-11-27(28)34(44-36)42-32-24-8-2-1-7-23(24)31(40-32)41-33-25-9-3-4-10-26(25)35(43-33)45-37(29)47-38;/h1-19H,(H,48,49)(H2,40,41,42,43,44,45,46,47);. The number of hydrogen-bond donors (Lipinski definition) is 3. The van der Waals surface area contributed by atoms with Crippen LogP contribution in [0.15, 0.2) is 115 Å². The summed E-state index contributed by atoms with van der Waals surface area (Å²) in [4.78, 5) is 48.3. The van der Waals surface area contributed by atoms with Crippen LogP contribution in [0, 0.1) is 0 Å². The summed E-state index contributed by atoms with van der Waals surface area (Å²) >= 11 is 0. The Kier molecular flexibility index (Phi) is 7.01. The molecule has 2 aliphatic heterocycles. The van der Waals surface area contributed by atoms with E-state index < -0.39 is 5.97 Å². The molecule has 0 spiro atoms. The van der Waals surface area contributed by atoms with Gasteiger partial charge < -0.3 is 19.8 Å². The number of aromatic carboxylic acids is 1. The molecule has 238 valence electrons. The van der Waals surface area contributed by atoms with Gasteiger partial charge in [-0.3, -0.25) is 0 Å². The van der Waals surface area contributed by atoms with E-state index >= 15 is 0 Å². The maximum Gasteiger partial charge on any atom is 0.335 e. The number of hydrogen-bond acceptors (Lipinski definition) is 8. The number of nitrogens with zero attached hydrogens (tertiary/aromatic N) is 6. The van der Waals surface area contributed by atoms with Gasteiger partial charge in [0.1, 0.15) is 34.1 Å². The van der Waals surface area contributed by atoms with E-state index in [2.05, 4.69) is 9.97 Å². The molecule has 8 bridgehead atoms. The van der Waals surface area contributed by atoms with Crippen LogP contribution in [0.25, 0.3) is 89.7 Å². The molecule has 0 saturated heterocycles. The molecule has 51 heavy (non-hydrogen) atoms. The normalized spacial score (nSPS) is 11.5. The summed E-state index contributed by atoms with van der Waals surface area (Å²) in [5, 5.41) is 12.7. The SMILES string of the molecule is O=C(O)c1ccc(Oc2ccc3c4nc5nc(nc6[nH]c(nc7nc(nc([nH]4)c3c2)-c2ccccc2-7)c2ccccc62)-c2ccccc2-5)cc1.[Zn]. The van der Waals surface area contributed by atoms with Gasteiger partial charge in [-0.1, -0.05) is 72.8 Å². The number of carboxylic acid groups (broad SMARTS) is 1. The van der Waals surface area contributed by atoms with Crippen molar-refractivity contribution in [2.45, 2.75) is 0 Å². The molecule has 0 unspecified atom stereocenters. The van der Waals surface area contributed by atoms with Gasteiger partial charge in [0.15, 0.2) is 23.3 Å². The number of benzene rings is 5. The van der Waals surface area contributed by atoms with E-state index in [1.54, 1.807) is 12.1 Å². The largest absolute Gasteiger partial charge is 0.478 e. The maximum absolute atomic E-state index is 11.3. The van der Waals surface area contributed by atoms with E-state index in [0.717, 1.165) is 43.8 Å². The fourth-order valence-electron chi connectivity index (χ4n) is 6.49. The van der Waals surface area contributed by atoms with E-state index in [1.165, 1.54) is 12.1 Å². The zero-order chi connectivity index (χ0) is 33.3. The van der Waals surface area contributed by atoms with Gasteiger partial charge in [-0.05, 0) is 42.5 Å². The van der Waals surface area contributed by atoms with Gasteiger partial charge in [0, 0.05) is 63.3 Å². The van der Waals surface area contributed by atoms with Crippen molar-refractivity contribution in [2.24, 2.45) is 0 Å². The third kappa shape index (κ3) is 5.03. The number of fused-ring (bicyclic) bond motifs is 20. The molecule has 0 fully saturated rings. The number of nitrogens with one attached hydrogen (secondary N) is 2. The van der Waals surface area contributed by atoms with Crippen molar-refractivity contribution in [1.82, 2.24) is 39.9 Å². The zero-order valence-corrected chi connectivity index (χ0v) is 29.6. The Morgan fingerprint density at radius 1 is 0.471 bits per heavy atom. The molecule has 0 atom stereocenters. The second kappa shape index (κ2) is 11.8. The Balaban J connectivity index is 0.00000348. The quantitative estimate of drug-likeness (QED) is 0.153. The van der Waals surface area contributed by atoms with Gasteiger partial charge in [0.25, 0.3) is 0 Å². The van der Waals surface area contributed by atoms with Crippen LogP contribution in [0.5, 0.6) is 11.5 Å². The van der Waals surface area contributed by atoms with Crippen LogP contribution in [0.3, 0.4) is 0 Å². The number of rotatable bonds is 3. The number of carboxylic acids is 1. The number of ether oxygens (including phenoxy) is 1. The van der Waals surface area contributed by atoms with E-state index in [9.17, 15) is 9.90 Å². The molecule has 3 aromatic heterocycles. The van der Waals surface area contributed by atoms with Gasteiger partial charge in [0.2, 0.25) is 0 Å². The first-order valence-corrected chi connectivity index (χ1v) is 15.8. The summed E-state index contributed by atoms with van der Waals surface area (Å²) in [6, 6.07) is 35.6. The van der Waals surface area contributed by atoms with E-state index in [0.29, 0.717) is 57.4 Å². The minimum Gasteiger partial charge on any atom is -0.478 e. The van der Waals surface area contributed by atoms with Gasteiger partial charge in [-0.25, -0.2) is 34.7 Å². The average Bonchev–Trinajstić information content (AvgIpc) is 3.87. The van der Waals surface area contributed by atoms with Crippen LogP contribution in [-0.4, -0.2) is 50.9 Å². The van der Waals surface area contributed by atoms with E-state index in [4.69, 9.17) is 34.6 Å². The van der Waals surface area contributed by atoms with Crippen LogP contribution in [0.2, 0.25) is 0 Å². The van der Waals surface area contributed by atoms with Crippen molar-refractivity contribution < 1.29 is 34.1 Å². The molecule has 5 aromatic carbocycles. The molecule has 10 rings (SSSR count). The first-order valence-electron chi connectivity index (χ1n) is 15.8.